The fourth-order valence-corrected chi connectivity index (χ4v) is 4.68. The fraction of sp³-hybridized carbons (Fsp3) is 0.278. The Morgan fingerprint density at radius 2 is 1.37 bits per heavy atom. The molecule has 0 amide bonds. The SMILES string of the molecule is C=CCc1ccccc1C(=O)OCC(COC(=O)/C(=C/C)COC)(COC(=O)c1ccccc1OC(=O)O)Cc1ccccc1C. The molecule has 0 saturated heterocycles. The van der Waals surface area contributed by atoms with Crippen molar-refractivity contribution in [3.8, 4) is 5.75 Å². The highest BCUT2D eigenvalue weighted by Gasteiger charge is 2.38. The molecule has 0 aliphatic heterocycles. The number of rotatable bonds is 16. The van der Waals surface area contributed by atoms with Crippen LogP contribution in [0.1, 0.15) is 44.3 Å². The molecular formula is C36H38O10. The predicted octanol–water partition coefficient (Wildman–Crippen LogP) is 6.16. The maximum Gasteiger partial charge on any atom is 0.511 e. The van der Waals surface area contributed by atoms with Crippen LogP contribution in [-0.2, 0) is 36.6 Å². The molecule has 0 heterocycles. The molecule has 1 unspecified atom stereocenters. The molecule has 3 aromatic rings. The summed E-state index contributed by atoms with van der Waals surface area (Å²) >= 11 is 0. The Morgan fingerprint density at radius 3 is 1.98 bits per heavy atom. The number of hydrogen-bond acceptors (Lipinski definition) is 9. The summed E-state index contributed by atoms with van der Waals surface area (Å²) in [7, 11) is 1.45. The van der Waals surface area contributed by atoms with E-state index in [4.69, 9.17) is 28.8 Å². The zero-order valence-corrected chi connectivity index (χ0v) is 26.2. The van der Waals surface area contributed by atoms with Gasteiger partial charge in [-0.05, 0) is 61.6 Å². The summed E-state index contributed by atoms with van der Waals surface area (Å²) in [5.41, 5.74) is 1.71. The molecule has 46 heavy (non-hydrogen) atoms. The first-order valence-electron chi connectivity index (χ1n) is 14.5. The van der Waals surface area contributed by atoms with Crippen molar-refractivity contribution in [3.05, 3.63) is 125 Å². The third-order valence-electron chi connectivity index (χ3n) is 7.17. The van der Waals surface area contributed by atoms with E-state index in [-0.39, 0.29) is 49.7 Å². The van der Waals surface area contributed by atoms with E-state index in [1.165, 1.54) is 31.4 Å². The normalized spacial score (nSPS) is 12.4. The highest BCUT2D eigenvalue weighted by molar-refractivity contribution is 5.93. The molecule has 0 aliphatic carbocycles. The lowest BCUT2D eigenvalue weighted by molar-refractivity contribution is -0.145. The van der Waals surface area contributed by atoms with Gasteiger partial charge in [-0.15, -0.1) is 6.58 Å². The van der Waals surface area contributed by atoms with Gasteiger partial charge in [0.2, 0.25) is 0 Å². The second-order valence-electron chi connectivity index (χ2n) is 10.6. The highest BCUT2D eigenvalue weighted by atomic mass is 16.7. The summed E-state index contributed by atoms with van der Waals surface area (Å²) in [6.07, 6.45) is 2.28. The number of allylic oxidation sites excluding steroid dienone is 2. The Morgan fingerprint density at radius 1 is 0.804 bits per heavy atom. The van der Waals surface area contributed by atoms with Gasteiger partial charge in [-0.1, -0.05) is 66.7 Å². The molecule has 0 radical (unpaired) electrons. The second kappa shape index (κ2) is 17.3. The average molecular weight is 631 g/mol. The van der Waals surface area contributed by atoms with E-state index in [0.29, 0.717) is 12.0 Å². The van der Waals surface area contributed by atoms with Crippen LogP contribution < -0.4 is 4.74 Å². The Labute approximate surface area is 268 Å². The van der Waals surface area contributed by atoms with Crippen molar-refractivity contribution in [3.63, 3.8) is 0 Å². The van der Waals surface area contributed by atoms with Gasteiger partial charge in [0.1, 0.15) is 31.1 Å². The fourth-order valence-electron chi connectivity index (χ4n) is 4.68. The number of hydrogen-bond donors (Lipinski definition) is 1. The summed E-state index contributed by atoms with van der Waals surface area (Å²) in [4.78, 5) is 51.0. The van der Waals surface area contributed by atoms with Gasteiger partial charge in [-0.3, -0.25) is 0 Å². The van der Waals surface area contributed by atoms with E-state index < -0.39 is 29.5 Å². The van der Waals surface area contributed by atoms with Gasteiger partial charge < -0.3 is 28.8 Å². The molecule has 0 spiro atoms. The molecule has 1 N–H and O–H groups in total. The van der Waals surface area contributed by atoms with E-state index >= 15 is 0 Å². The van der Waals surface area contributed by atoms with Crippen molar-refractivity contribution in [1.82, 2.24) is 0 Å². The molecule has 3 aromatic carbocycles. The van der Waals surface area contributed by atoms with Crippen molar-refractivity contribution < 1.29 is 48.0 Å². The first-order chi connectivity index (χ1) is 22.1. The molecule has 10 heteroatoms. The van der Waals surface area contributed by atoms with Crippen molar-refractivity contribution in [2.45, 2.75) is 26.7 Å². The number of methoxy groups -OCH3 is 1. The standard InChI is InChI=1S/C36H38O10/c1-5-13-27-15-9-10-17-29(27)33(38)44-23-36(20-28-16-8-7-14-25(28)3,22-43-32(37)26(6-2)21-42-4)24-45-34(39)30-18-11-12-19-31(30)46-35(40)41/h5-12,14-19H,1,13,20-24H2,2-4H3,(H,40,41)/b26-6+. The lowest BCUT2D eigenvalue weighted by Crippen LogP contribution is -2.42. The number of esters is 3. The molecule has 0 aliphatic rings. The van der Waals surface area contributed by atoms with Crippen LogP contribution in [0.15, 0.2) is 97.1 Å². The van der Waals surface area contributed by atoms with E-state index in [2.05, 4.69) is 6.58 Å². The summed E-state index contributed by atoms with van der Waals surface area (Å²) in [5, 5.41) is 9.13. The third kappa shape index (κ3) is 9.90. The van der Waals surface area contributed by atoms with E-state index in [1.54, 1.807) is 37.3 Å². The first kappa shape index (κ1) is 35.3. The number of aryl methyl sites for hydroxylation is 1. The van der Waals surface area contributed by atoms with E-state index in [1.807, 2.05) is 37.3 Å². The smallest absolute Gasteiger partial charge is 0.461 e. The van der Waals surface area contributed by atoms with Crippen molar-refractivity contribution in [2.75, 3.05) is 33.5 Å². The van der Waals surface area contributed by atoms with Crippen LogP contribution >= 0.6 is 0 Å². The molecule has 0 aromatic heterocycles. The van der Waals surface area contributed by atoms with Crippen LogP contribution in [0.25, 0.3) is 0 Å². The van der Waals surface area contributed by atoms with Gasteiger partial charge >= 0.3 is 24.1 Å². The minimum atomic E-state index is -1.60. The van der Waals surface area contributed by atoms with E-state index in [9.17, 15) is 19.2 Å². The Hall–Kier alpha value is -5.22. The molecule has 242 valence electrons. The maximum absolute atomic E-state index is 13.4. The summed E-state index contributed by atoms with van der Waals surface area (Å²) < 4.78 is 27.3. The summed E-state index contributed by atoms with van der Waals surface area (Å²) in [6, 6.07) is 20.2. The number of para-hydroxylation sites is 1. The van der Waals surface area contributed by atoms with Crippen LogP contribution in [-0.4, -0.2) is 62.7 Å². The van der Waals surface area contributed by atoms with Gasteiger partial charge in [0, 0.05) is 7.11 Å². The lowest BCUT2D eigenvalue weighted by Gasteiger charge is -2.33. The number of benzene rings is 3. The zero-order chi connectivity index (χ0) is 33.5. The van der Waals surface area contributed by atoms with Crippen molar-refractivity contribution in [1.29, 1.82) is 0 Å². The highest BCUT2D eigenvalue weighted by Crippen LogP contribution is 2.30. The minimum Gasteiger partial charge on any atom is -0.461 e. The van der Waals surface area contributed by atoms with E-state index in [0.717, 1.165) is 16.7 Å². The van der Waals surface area contributed by atoms with Gasteiger partial charge in [-0.25, -0.2) is 19.2 Å². The molecule has 0 saturated carbocycles. The zero-order valence-electron chi connectivity index (χ0n) is 26.2. The Balaban J connectivity index is 2.01. The topological polar surface area (TPSA) is 135 Å². The molecule has 0 fully saturated rings. The van der Waals surface area contributed by atoms with Crippen LogP contribution in [0.2, 0.25) is 0 Å². The number of carbonyl (C=O) groups is 4. The van der Waals surface area contributed by atoms with Crippen LogP contribution in [0.5, 0.6) is 5.75 Å². The van der Waals surface area contributed by atoms with Gasteiger partial charge in [0.25, 0.3) is 0 Å². The lowest BCUT2D eigenvalue weighted by atomic mass is 9.82. The second-order valence-corrected chi connectivity index (χ2v) is 10.6. The first-order valence-corrected chi connectivity index (χ1v) is 14.5. The predicted molar refractivity (Wildman–Crippen MR) is 170 cm³/mol. The molecule has 10 nitrogen and oxygen atoms in total. The van der Waals surface area contributed by atoms with Crippen molar-refractivity contribution in [2.24, 2.45) is 5.41 Å². The minimum absolute atomic E-state index is 0.0184. The molecular weight excluding hydrogens is 592 g/mol. The number of carbonyl (C=O) groups excluding carboxylic acids is 3. The molecule has 0 bridgehead atoms. The Bertz CT molecular complexity index is 1570. The number of ether oxygens (including phenoxy) is 5. The summed E-state index contributed by atoms with van der Waals surface area (Å²) in [5.74, 6) is -2.35. The molecule has 3 rings (SSSR count). The monoisotopic (exact) mass is 630 g/mol. The third-order valence-corrected chi connectivity index (χ3v) is 7.17. The largest absolute Gasteiger partial charge is 0.511 e. The van der Waals surface area contributed by atoms with Crippen LogP contribution in [0.4, 0.5) is 4.79 Å². The van der Waals surface area contributed by atoms with Gasteiger partial charge in [0.05, 0.1) is 23.2 Å². The van der Waals surface area contributed by atoms with Gasteiger partial charge in [0.15, 0.2) is 0 Å². The summed E-state index contributed by atoms with van der Waals surface area (Å²) in [6.45, 7) is 6.39. The quantitative estimate of drug-likeness (QED) is 0.0645. The average Bonchev–Trinajstić information content (AvgIpc) is 3.05. The van der Waals surface area contributed by atoms with Gasteiger partial charge in [-0.2, -0.15) is 0 Å². The maximum atomic E-state index is 13.4. The molecule has 1 atom stereocenters. The van der Waals surface area contributed by atoms with Crippen molar-refractivity contribution >= 4 is 24.1 Å². The Kier molecular flexibility index (Phi) is 13.3. The van der Waals surface area contributed by atoms with Crippen LogP contribution in [0.3, 0.4) is 0 Å². The number of carboxylic acid groups (broad SMARTS) is 1. The van der Waals surface area contributed by atoms with Crippen LogP contribution in [0, 0.1) is 12.3 Å².